The van der Waals surface area contributed by atoms with E-state index in [1.54, 1.807) is 0 Å². The number of benzene rings is 1. The van der Waals surface area contributed by atoms with Crippen LogP contribution in [-0.4, -0.2) is 12.5 Å². The highest BCUT2D eigenvalue weighted by Crippen LogP contribution is 2.28. The van der Waals surface area contributed by atoms with Crippen LogP contribution in [0.15, 0.2) is 30.3 Å². The first-order valence-electron chi connectivity index (χ1n) is 7.49. The van der Waals surface area contributed by atoms with Crippen molar-refractivity contribution in [3.63, 3.8) is 0 Å². The second-order valence-corrected chi connectivity index (χ2v) is 6.03. The van der Waals surface area contributed by atoms with Gasteiger partial charge in [-0.1, -0.05) is 57.0 Å². The van der Waals surface area contributed by atoms with Gasteiger partial charge in [0.15, 0.2) is 0 Å². The Morgan fingerprint density at radius 2 is 2.05 bits per heavy atom. The first-order valence-corrected chi connectivity index (χ1v) is 7.49. The maximum atomic E-state index is 12.2. The minimum atomic E-state index is 0.242. The lowest BCUT2D eigenvalue weighted by Crippen LogP contribution is -2.35. The van der Waals surface area contributed by atoms with E-state index in [-0.39, 0.29) is 11.8 Å². The second kappa shape index (κ2) is 6.74. The molecule has 0 aromatic heterocycles. The number of rotatable bonds is 4. The molecule has 1 aliphatic rings. The van der Waals surface area contributed by atoms with Crippen LogP contribution in [0.5, 0.6) is 0 Å². The monoisotopic (exact) mass is 259 g/mol. The lowest BCUT2D eigenvalue weighted by molar-refractivity contribution is -0.126. The molecule has 19 heavy (non-hydrogen) atoms. The van der Waals surface area contributed by atoms with Crippen LogP contribution in [0.4, 0.5) is 0 Å². The predicted molar refractivity (Wildman–Crippen MR) is 79.0 cm³/mol. The van der Waals surface area contributed by atoms with Crippen molar-refractivity contribution in [1.82, 2.24) is 5.32 Å². The topological polar surface area (TPSA) is 29.1 Å². The lowest BCUT2D eigenvalue weighted by Gasteiger charge is -2.26. The number of hydrogen-bond donors (Lipinski definition) is 1. The Balaban J connectivity index is 1.80. The van der Waals surface area contributed by atoms with Gasteiger partial charge >= 0.3 is 0 Å². The summed E-state index contributed by atoms with van der Waals surface area (Å²) in [6.07, 6.45) is 4.61. The second-order valence-electron chi connectivity index (χ2n) is 6.03. The highest BCUT2D eigenvalue weighted by atomic mass is 16.1. The molecule has 1 saturated carbocycles. The van der Waals surface area contributed by atoms with E-state index in [0.29, 0.717) is 11.8 Å². The molecule has 1 fully saturated rings. The Kier molecular flexibility index (Phi) is 5.00. The number of amides is 1. The molecule has 0 bridgehead atoms. The van der Waals surface area contributed by atoms with E-state index in [1.165, 1.54) is 18.4 Å². The number of nitrogens with one attached hydrogen (secondary N) is 1. The highest BCUT2D eigenvalue weighted by Gasteiger charge is 2.24. The van der Waals surface area contributed by atoms with Gasteiger partial charge in [0, 0.05) is 12.5 Å². The van der Waals surface area contributed by atoms with Crippen LogP contribution in [0.3, 0.4) is 0 Å². The molecule has 104 valence electrons. The van der Waals surface area contributed by atoms with Crippen molar-refractivity contribution in [2.24, 2.45) is 11.8 Å². The summed E-state index contributed by atoms with van der Waals surface area (Å²) >= 11 is 0. The third kappa shape index (κ3) is 4.09. The van der Waals surface area contributed by atoms with Crippen molar-refractivity contribution in [3.05, 3.63) is 35.9 Å². The summed E-state index contributed by atoms with van der Waals surface area (Å²) < 4.78 is 0. The molecule has 3 unspecified atom stereocenters. The summed E-state index contributed by atoms with van der Waals surface area (Å²) in [6, 6.07) is 10.4. The molecule has 1 N–H and O–H groups in total. The Morgan fingerprint density at radius 1 is 1.32 bits per heavy atom. The van der Waals surface area contributed by atoms with E-state index in [9.17, 15) is 4.79 Å². The predicted octanol–water partition coefficient (Wildman–Crippen LogP) is 3.73. The molecule has 0 saturated heterocycles. The number of carbonyl (C=O) groups excluding carboxylic acids is 1. The standard InChI is InChI=1S/C17H25NO/c1-13-7-6-10-16(11-13)17(19)18-12-14(2)15-8-4-3-5-9-15/h3-5,8-9,13-14,16H,6-7,10-12H2,1-2H3,(H,18,19). The van der Waals surface area contributed by atoms with Gasteiger partial charge < -0.3 is 5.32 Å². The Morgan fingerprint density at radius 3 is 2.74 bits per heavy atom. The third-order valence-electron chi connectivity index (χ3n) is 4.26. The van der Waals surface area contributed by atoms with Crippen LogP contribution >= 0.6 is 0 Å². The first-order chi connectivity index (χ1) is 9.16. The van der Waals surface area contributed by atoms with Gasteiger partial charge in [0.05, 0.1) is 0 Å². The minimum Gasteiger partial charge on any atom is -0.355 e. The number of hydrogen-bond acceptors (Lipinski definition) is 1. The van der Waals surface area contributed by atoms with Crippen molar-refractivity contribution in [1.29, 1.82) is 0 Å². The van der Waals surface area contributed by atoms with Gasteiger partial charge in [-0.15, -0.1) is 0 Å². The molecule has 0 aliphatic heterocycles. The Labute approximate surface area is 116 Å². The fourth-order valence-corrected chi connectivity index (χ4v) is 2.97. The van der Waals surface area contributed by atoms with Crippen molar-refractivity contribution in [2.75, 3.05) is 6.54 Å². The maximum absolute atomic E-state index is 12.2. The van der Waals surface area contributed by atoms with Gasteiger partial charge in [0.1, 0.15) is 0 Å². The molecular formula is C17H25NO. The quantitative estimate of drug-likeness (QED) is 0.877. The van der Waals surface area contributed by atoms with E-state index < -0.39 is 0 Å². The zero-order valence-corrected chi connectivity index (χ0v) is 12.1. The summed E-state index contributed by atoms with van der Waals surface area (Å²) in [5.74, 6) is 1.59. The lowest BCUT2D eigenvalue weighted by atomic mass is 9.82. The van der Waals surface area contributed by atoms with Gasteiger partial charge in [-0.05, 0) is 30.2 Å². The van der Waals surface area contributed by atoms with E-state index in [0.717, 1.165) is 19.4 Å². The molecule has 0 spiro atoms. The van der Waals surface area contributed by atoms with E-state index in [2.05, 4.69) is 43.4 Å². The van der Waals surface area contributed by atoms with Crippen LogP contribution < -0.4 is 5.32 Å². The average Bonchev–Trinajstić information content (AvgIpc) is 2.45. The normalized spacial score (nSPS) is 24.7. The first kappa shape index (κ1) is 14.1. The van der Waals surface area contributed by atoms with Crippen LogP contribution in [0.2, 0.25) is 0 Å². The Hall–Kier alpha value is -1.31. The molecule has 1 aromatic carbocycles. The van der Waals surface area contributed by atoms with Crippen molar-refractivity contribution in [3.8, 4) is 0 Å². The summed E-state index contributed by atoms with van der Waals surface area (Å²) in [4.78, 5) is 12.2. The molecule has 2 heteroatoms. The molecular weight excluding hydrogens is 234 g/mol. The molecule has 3 atom stereocenters. The van der Waals surface area contributed by atoms with E-state index >= 15 is 0 Å². The summed E-state index contributed by atoms with van der Waals surface area (Å²) in [6.45, 7) is 5.17. The largest absolute Gasteiger partial charge is 0.355 e. The zero-order valence-electron chi connectivity index (χ0n) is 12.1. The van der Waals surface area contributed by atoms with Crippen LogP contribution in [0, 0.1) is 11.8 Å². The fraction of sp³-hybridized carbons (Fsp3) is 0.588. The SMILES string of the molecule is CC1CCCC(C(=O)NCC(C)c2ccccc2)C1. The summed E-state index contributed by atoms with van der Waals surface area (Å²) in [5, 5.41) is 3.13. The molecule has 0 heterocycles. The van der Waals surface area contributed by atoms with Gasteiger partial charge in [-0.2, -0.15) is 0 Å². The average molecular weight is 259 g/mol. The van der Waals surface area contributed by atoms with Gasteiger partial charge in [-0.25, -0.2) is 0 Å². The Bertz CT molecular complexity index is 401. The van der Waals surface area contributed by atoms with Crippen LogP contribution in [-0.2, 0) is 4.79 Å². The highest BCUT2D eigenvalue weighted by molar-refractivity contribution is 5.78. The van der Waals surface area contributed by atoms with Crippen molar-refractivity contribution < 1.29 is 4.79 Å². The maximum Gasteiger partial charge on any atom is 0.223 e. The van der Waals surface area contributed by atoms with E-state index in [4.69, 9.17) is 0 Å². The van der Waals surface area contributed by atoms with Crippen molar-refractivity contribution >= 4 is 5.91 Å². The van der Waals surface area contributed by atoms with Crippen molar-refractivity contribution in [2.45, 2.75) is 45.4 Å². The summed E-state index contributed by atoms with van der Waals surface area (Å²) in [5.41, 5.74) is 1.29. The molecule has 1 aromatic rings. The molecule has 0 radical (unpaired) electrons. The molecule has 2 nitrogen and oxygen atoms in total. The molecule has 1 aliphatic carbocycles. The zero-order chi connectivity index (χ0) is 13.7. The van der Waals surface area contributed by atoms with Gasteiger partial charge in [0.2, 0.25) is 5.91 Å². The third-order valence-corrected chi connectivity index (χ3v) is 4.26. The van der Waals surface area contributed by atoms with Gasteiger partial charge in [-0.3, -0.25) is 4.79 Å². The van der Waals surface area contributed by atoms with Crippen LogP contribution in [0.25, 0.3) is 0 Å². The minimum absolute atomic E-state index is 0.242. The molecule has 2 rings (SSSR count). The smallest absolute Gasteiger partial charge is 0.223 e. The molecule has 1 amide bonds. The number of carbonyl (C=O) groups is 1. The van der Waals surface area contributed by atoms with Crippen LogP contribution in [0.1, 0.15) is 51.0 Å². The van der Waals surface area contributed by atoms with E-state index in [1.807, 2.05) is 6.07 Å². The van der Waals surface area contributed by atoms with Gasteiger partial charge in [0.25, 0.3) is 0 Å². The fourth-order valence-electron chi connectivity index (χ4n) is 2.97. The summed E-state index contributed by atoms with van der Waals surface area (Å²) in [7, 11) is 0.